The number of carbonyl (C=O) groups excluding carboxylic acids is 1. The Bertz CT molecular complexity index is 441. The molecule has 0 saturated carbocycles. The third kappa shape index (κ3) is 2.92. The second kappa shape index (κ2) is 5.27. The molecule has 0 aliphatic carbocycles. The van der Waals surface area contributed by atoms with Crippen LogP contribution < -0.4 is 0 Å². The lowest BCUT2D eigenvalue weighted by Crippen LogP contribution is -2.25. The summed E-state index contributed by atoms with van der Waals surface area (Å²) in [4.78, 5) is 24.0. The molecule has 0 spiro atoms. The number of aromatic nitrogens is 2. The molecule has 7 heteroatoms. The van der Waals surface area contributed by atoms with Gasteiger partial charge in [-0.2, -0.15) is 0 Å². The van der Waals surface area contributed by atoms with Gasteiger partial charge in [0, 0.05) is 30.6 Å². The van der Waals surface area contributed by atoms with E-state index in [4.69, 9.17) is 5.53 Å². The Morgan fingerprint density at radius 3 is 3.24 bits per heavy atom. The van der Waals surface area contributed by atoms with E-state index in [1.165, 1.54) is 6.33 Å². The van der Waals surface area contributed by atoms with E-state index >= 15 is 0 Å². The van der Waals surface area contributed by atoms with E-state index in [0.717, 1.165) is 5.69 Å². The summed E-state index contributed by atoms with van der Waals surface area (Å²) in [5.41, 5.74) is 9.05. The monoisotopic (exact) mass is 232 g/mol. The van der Waals surface area contributed by atoms with Gasteiger partial charge in [0.15, 0.2) is 0 Å². The molecule has 0 radical (unpaired) electrons. The largest absolute Gasteiger partial charge is 0.336 e. The third-order valence-electron chi connectivity index (χ3n) is 2.69. The molecule has 0 bridgehead atoms. The minimum atomic E-state index is 0.0850. The summed E-state index contributed by atoms with van der Waals surface area (Å²) >= 11 is 0. The molecular formula is C10H12N6O. The molecule has 17 heavy (non-hydrogen) atoms. The number of azide groups is 1. The summed E-state index contributed by atoms with van der Waals surface area (Å²) < 4.78 is 0. The number of hydrogen-bond acceptors (Lipinski definition) is 4. The van der Waals surface area contributed by atoms with Crippen molar-refractivity contribution in [3.63, 3.8) is 0 Å². The zero-order chi connectivity index (χ0) is 12.1. The third-order valence-corrected chi connectivity index (χ3v) is 2.69. The quantitative estimate of drug-likeness (QED) is 0.442. The highest BCUT2D eigenvalue weighted by atomic mass is 16.2. The summed E-state index contributed by atoms with van der Waals surface area (Å²) in [6, 6.07) is 1.79. The fourth-order valence-electron chi connectivity index (χ4n) is 1.89. The van der Waals surface area contributed by atoms with Gasteiger partial charge in [-0.1, -0.05) is 5.11 Å². The van der Waals surface area contributed by atoms with Crippen LogP contribution in [0.1, 0.15) is 12.1 Å². The van der Waals surface area contributed by atoms with Crippen molar-refractivity contribution >= 4 is 5.91 Å². The lowest BCUT2D eigenvalue weighted by molar-refractivity contribution is -0.128. The van der Waals surface area contributed by atoms with Gasteiger partial charge < -0.3 is 4.90 Å². The molecule has 7 nitrogen and oxygen atoms in total. The molecule has 1 aromatic heterocycles. The maximum Gasteiger partial charge on any atom is 0.223 e. The van der Waals surface area contributed by atoms with Crippen LogP contribution in [0, 0.1) is 5.92 Å². The van der Waals surface area contributed by atoms with Crippen LogP contribution in [0.5, 0.6) is 0 Å². The Labute approximate surface area is 98.1 Å². The van der Waals surface area contributed by atoms with Crippen molar-refractivity contribution in [3.8, 4) is 0 Å². The fraction of sp³-hybridized carbons (Fsp3) is 0.500. The van der Waals surface area contributed by atoms with Gasteiger partial charge in [0.2, 0.25) is 5.91 Å². The topological polar surface area (TPSA) is 94.9 Å². The molecule has 2 rings (SSSR count). The molecule has 1 unspecified atom stereocenters. The number of hydrogen-bond donors (Lipinski definition) is 0. The molecular weight excluding hydrogens is 220 g/mol. The van der Waals surface area contributed by atoms with Gasteiger partial charge in [-0.25, -0.2) is 9.97 Å². The zero-order valence-electron chi connectivity index (χ0n) is 9.23. The maximum absolute atomic E-state index is 11.7. The predicted molar refractivity (Wildman–Crippen MR) is 59.6 cm³/mol. The van der Waals surface area contributed by atoms with Gasteiger partial charge in [0.25, 0.3) is 0 Å². The molecule has 88 valence electrons. The Hall–Kier alpha value is -2.14. The van der Waals surface area contributed by atoms with Gasteiger partial charge in [0.1, 0.15) is 6.33 Å². The van der Waals surface area contributed by atoms with Crippen molar-refractivity contribution in [3.05, 3.63) is 34.7 Å². The number of nitrogens with zero attached hydrogens (tertiary/aromatic N) is 6. The summed E-state index contributed by atoms with van der Waals surface area (Å²) in [7, 11) is 0. The minimum absolute atomic E-state index is 0.0850. The Balaban J connectivity index is 1.94. The molecule has 0 aromatic carbocycles. The summed E-state index contributed by atoms with van der Waals surface area (Å²) in [6.45, 7) is 1.50. The Kier molecular flexibility index (Phi) is 3.52. The van der Waals surface area contributed by atoms with E-state index in [9.17, 15) is 4.79 Å². The first-order valence-electron chi connectivity index (χ1n) is 5.33. The molecule has 0 N–H and O–H groups in total. The highest BCUT2D eigenvalue weighted by Crippen LogP contribution is 2.19. The van der Waals surface area contributed by atoms with Gasteiger partial charge >= 0.3 is 0 Å². The van der Waals surface area contributed by atoms with Gasteiger partial charge in [-0.05, 0) is 17.5 Å². The van der Waals surface area contributed by atoms with Crippen molar-refractivity contribution < 1.29 is 4.79 Å². The van der Waals surface area contributed by atoms with Crippen LogP contribution in [-0.4, -0.2) is 33.9 Å². The average molecular weight is 232 g/mol. The first-order valence-corrected chi connectivity index (χ1v) is 5.33. The van der Waals surface area contributed by atoms with Gasteiger partial charge in [-0.15, -0.1) is 0 Å². The summed E-state index contributed by atoms with van der Waals surface area (Å²) in [5, 5.41) is 3.51. The second-order valence-electron chi connectivity index (χ2n) is 3.96. The van der Waals surface area contributed by atoms with E-state index in [1.807, 2.05) is 0 Å². The standard InChI is InChI=1S/C10H12N6O/c11-15-14-4-8-3-10(17)16(5-8)6-9-1-2-12-7-13-9/h1-2,7-8H,3-6H2. The van der Waals surface area contributed by atoms with Crippen molar-refractivity contribution in [2.45, 2.75) is 13.0 Å². The molecule has 1 saturated heterocycles. The average Bonchev–Trinajstić information content (AvgIpc) is 2.69. The second-order valence-corrected chi connectivity index (χ2v) is 3.96. The maximum atomic E-state index is 11.7. The molecule has 1 aromatic rings. The summed E-state index contributed by atoms with van der Waals surface area (Å²) in [5.74, 6) is 0.210. The minimum Gasteiger partial charge on any atom is -0.336 e. The predicted octanol–water partition coefficient (Wildman–Crippen LogP) is 1.14. The van der Waals surface area contributed by atoms with Crippen LogP contribution in [0.4, 0.5) is 0 Å². The molecule has 2 heterocycles. The van der Waals surface area contributed by atoms with Gasteiger partial charge in [-0.3, -0.25) is 4.79 Å². The smallest absolute Gasteiger partial charge is 0.223 e. The van der Waals surface area contributed by atoms with Crippen LogP contribution in [0.25, 0.3) is 10.4 Å². The van der Waals surface area contributed by atoms with Crippen LogP contribution >= 0.6 is 0 Å². The molecule has 1 aliphatic heterocycles. The van der Waals surface area contributed by atoms with E-state index in [2.05, 4.69) is 20.0 Å². The lowest BCUT2D eigenvalue weighted by atomic mass is 10.1. The van der Waals surface area contributed by atoms with Crippen LogP contribution in [0.3, 0.4) is 0 Å². The Morgan fingerprint density at radius 2 is 2.53 bits per heavy atom. The fourth-order valence-corrected chi connectivity index (χ4v) is 1.89. The van der Waals surface area contributed by atoms with Crippen molar-refractivity contribution in [2.24, 2.45) is 11.0 Å². The van der Waals surface area contributed by atoms with E-state index in [-0.39, 0.29) is 11.8 Å². The zero-order valence-corrected chi connectivity index (χ0v) is 9.23. The molecule has 1 atom stereocenters. The molecule has 1 aliphatic rings. The first-order chi connectivity index (χ1) is 8.29. The van der Waals surface area contributed by atoms with Crippen LogP contribution in [0.2, 0.25) is 0 Å². The van der Waals surface area contributed by atoms with Crippen molar-refractivity contribution in [2.75, 3.05) is 13.1 Å². The van der Waals surface area contributed by atoms with Crippen LogP contribution in [-0.2, 0) is 11.3 Å². The molecule has 1 fully saturated rings. The number of amides is 1. The number of likely N-dealkylation sites (tertiary alicyclic amines) is 1. The van der Waals surface area contributed by atoms with E-state index in [1.54, 1.807) is 17.2 Å². The highest BCUT2D eigenvalue weighted by molar-refractivity contribution is 5.78. The van der Waals surface area contributed by atoms with E-state index < -0.39 is 0 Å². The van der Waals surface area contributed by atoms with Crippen LogP contribution in [0.15, 0.2) is 23.7 Å². The number of carbonyl (C=O) groups is 1. The molecule has 1 amide bonds. The van der Waals surface area contributed by atoms with Gasteiger partial charge in [0.05, 0.1) is 12.2 Å². The normalized spacial score (nSPS) is 19.2. The number of rotatable bonds is 4. The SMILES string of the molecule is [N-]=[N+]=NCC1CC(=O)N(Cc2ccncn2)C1. The lowest BCUT2D eigenvalue weighted by Gasteiger charge is -2.15. The van der Waals surface area contributed by atoms with Crippen molar-refractivity contribution in [1.82, 2.24) is 14.9 Å². The van der Waals surface area contributed by atoms with Crippen molar-refractivity contribution in [1.29, 1.82) is 0 Å². The van der Waals surface area contributed by atoms with E-state index in [0.29, 0.717) is 26.1 Å². The highest BCUT2D eigenvalue weighted by Gasteiger charge is 2.28. The first kappa shape index (κ1) is 11.3. The summed E-state index contributed by atoms with van der Waals surface area (Å²) in [6.07, 6.45) is 3.57. The Morgan fingerprint density at radius 1 is 1.65 bits per heavy atom.